The number of aryl methyl sites for hydroxylation is 2. The second kappa shape index (κ2) is 7.98. The highest BCUT2D eigenvalue weighted by Gasteiger charge is 2.19. The third-order valence-electron chi connectivity index (χ3n) is 3.49. The molecule has 1 amide bonds. The average molecular weight is 364 g/mol. The highest BCUT2D eigenvalue weighted by atomic mass is 32.1. The average Bonchev–Trinajstić information content (AvgIpc) is 2.95. The highest BCUT2D eigenvalue weighted by molar-refractivity contribution is 7.13. The highest BCUT2D eigenvalue weighted by Crippen LogP contribution is 2.24. The van der Waals surface area contributed by atoms with Crippen molar-refractivity contribution in [2.45, 2.75) is 26.8 Å². The summed E-state index contributed by atoms with van der Waals surface area (Å²) in [6.45, 7) is 5.12. The molecule has 0 aliphatic heterocycles. The molecule has 0 aliphatic rings. The first-order valence-electron chi connectivity index (χ1n) is 7.59. The van der Waals surface area contributed by atoms with Crippen LogP contribution in [0.15, 0.2) is 18.2 Å². The van der Waals surface area contributed by atoms with Crippen LogP contribution >= 0.6 is 11.3 Å². The fourth-order valence-electron chi connectivity index (χ4n) is 2.24. The van der Waals surface area contributed by atoms with Gasteiger partial charge in [-0.2, -0.15) is 0 Å². The van der Waals surface area contributed by atoms with Crippen molar-refractivity contribution in [3.63, 3.8) is 0 Å². The molecule has 1 heterocycles. The van der Waals surface area contributed by atoms with Gasteiger partial charge in [0, 0.05) is 0 Å². The van der Waals surface area contributed by atoms with Crippen LogP contribution in [0.2, 0.25) is 0 Å². The zero-order valence-corrected chi connectivity index (χ0v) is 15.3. The van der Waals surface area contributed by atoms with Gasteiger partial charge in [0.05, 0.1) is 18.8 Å². The van der Waals surface area contributed by atoms with E-state index in [9.17, 15) is 9.59 Å². The first kappa shape index (κ1) is 18.7. The van der Waals surface area contributed by atoms with Gasteiger partial charge < -0.3 is 19.9 Å². The third kappa shape index (κ3) is 4.69. The second-order valence-electron chi connectivity index (χ2n) is 5.48. The van der Waals surface area contributed by atoms with Crippen molar-refractivity contribution in [1.82, 2.24) is 10.3 Å². The number of amides is 1. The van der Waals surface area contributed by atoms with Crippen LogP contribution in [0.1, 0.15) is 38.9 Å². The minimum absolute atomic E-state index is 0.147. The Hall–Kier alpha value is -2.61. The summed E-state index contributed by atoms with van der Waals surface area (Å²) in [5.74, 6) is -0.0122. The molecule has 0 radical (unpaired) electrons. The number of ether oxygens (including phenoxy) is 2. The molecule has 2 N–H and O–H groups in total. The van der Waals surface area contributed by atoms with E-state index in [4.69, 9.17) is 14.6 Å². The van der Waals surface area contributed by atoms with Gasteiger partial charge in [0.25, 0.3) is 5.91 Å². The maximum absolute atomic E-state index is 12.0. The summed E-state index contributed by atoms with van der Waals surface area (Å²) in [6, 6.07) is 4.90. The number of nitrogens with one attached hydrogen (secondary N) is 1. The molecule has 0 bridgehead atoms. The largest absolute Gasteiger partial charge is 0.496 e. The molecule has 25 heavy (non-hydrogen) atoms. The lowest BCUT2D eigenvalue weighted by molar-refractivity contribution is -0.123. The smallest absolute Gasteiger partial charge is 0.347 e. The van der Waals surface area contributed by atoms with Gasteiger partial charge in [-0.15, -0.1) is 11.3 Å². The SMILES string of the molecule is COc1ccc(OCC(=O)NC(C)c2nc(C)c(C(=O)O)s2)cc1C. The zero-order chi connectivity index (χ0) is 18.6. The van der Waals surface area contributed by atoms with Crippen LogP contribution in [0.4, 0.5) is 0 Å². The van der Waals surface area contributed by atoms with Gasteiger partial charge in [0.2, 0.25) is 0 Å². The third-order valence-corrected chi connectivity index (χ3v) is 4.82. The van der Waals surface area contributed by atoms with Crippen molar-refractivity contribution >= 4 is 23.2 Å². The van der Waals surface area contributed by atoms with Gasteiger partial charge >= 0.3 is 5.97 Å². The van der Waals surface area contributed by atoms with E-state index >= 15 is 0 Å². The molecule has 1 atom stereocenters. The Morgan fingerprint density at radius 3 is 2.64 bits per heavy atom. The van der Waals surface area contributed by atoms with Crippen molar-refractivity contribution in [3.8, 4) is 11.5 Å². The topological polar surface area (TPSA) is 97.8 Å². The van der Waals surface area contributed by atoms with Crippen LogP contribution in [0.25, 0.3) is 0 Å². The number of benzene rings is 1. The van der Waals surface area contributed by atoms with Crippen molar-refractivity contribution in [3.05, 3.63) is 39.3 Å². The number of thiazole rings is 1. The van der Waals surface area contributed by atoms with E-state index in [-0.39, 0.29) is 17.4 Å². The molecular weight excluding hydrogens is 344 g/mol. The van der Waals surface area contributed by atoms with E-state index in [1.54, 1.807) is 39.2 Å². The standard InChI is InChI=1S/C17H20N2O5S/c1-9-7-12(5-6-13(9)23-4)24-8-14(20)18-11(3)16-19-10(2)15(25-16)17(21)22/h5-7,11H,8H2,1-4H3,(H,18,20)(H,21,22). The van der Waals surface area contributed by atoms with Crippen LogP contribution in [0.5, 0.6) is 11.5 Å². The number of rotatable bonds is 7. The Morgan fingerprint density at radius 1 is 1.36 bits per heavy atom. The molecule has 8 heteroatoms. The first-order chi connectivity index (χ1) is 11.8. The number of carbonyl (C=O) groups is 2. The minimum Gasteiger partial charge on any atom is -0.496 e. The molecule has 1 aromatic heterocycles. The van der Waals surface area contributed by atoms with Crippen molar-refractivity contribution in [2.24, 2.45) is 0 Å². The Balaban J connectivity index is 1.92. The fraction of sp³-hybridized carbons (Fsp3) is 0.353. The number of carboxylic acid groups (broad SMARTS) is 1. The Morgan fingerprint density at radius 2 is 2.08 bits per heavy atom. The Kier molecular flexibility index (Phi) is 5.97. The lowest BCUT2D eigenvalue weighted by Gasteiger charge is -2.13. The van der Waals surface area contributed by atoms with Gasteiger partial charge in [-0.3, -0.25) is 4.79 Å². The molecule has 2 aromatic rings. The van der Waals surface area contributed by atoms with Crippen molar-refractivity contribution in [1.29, 1.82) is 0 Å². The van der Waals surface area contributed by atoms with Crippen LogP contribution < -0.4 is 14.8 Å². The van der Waals surface area contributed by atoms with Gasteiger partial charge in [0.15, 0.2) is 6.61 Å². The van der Waals surface area contributed by atoms with Crippen LogP contribution in [0, 0.1) is 13.8 Å². The Labute approximate surface area is 149 Å². The van der Waals surface area contributed by atoms with E-state index in [1.807, 2.05) is 6.92 Å². The molecule has 0 spiro atoms. The summed E-state index contributed by atoms with van der Waals surface area (Å²) < 4.78 is 10.6. The number of carbonyl (C=O) groups excluding carboxylic acids is 1. The number of carboxylic acids is 1. The van der Waals surface area contributed by atoms with Crippen LogP contribution in [-0.2, 0) is 4.79 Å². The summed E-state index contributed by atoms with van der Waals surface area (Å²) in [6.07, 6.45) is 0. The van der Waals surface area contributed by atoms with Crippen molar-refractivity contribution in [2.75, 3.05) is 13.7 Å². The summed E-state index contributed by atoms with van der Waals surface area (Å²) in [5, 5.41) is 12.4. The van der Waals surface area contributed by atoms with Crippen LogP contribution in [0.3, 0.4) is 0 Å². The molecule has 2 rings (SSSR count). The molecule has 134 valence electrons. The summed E-state index contributed by atoms with van der Waals surface area (Å²) in [4.78, 5) is 27.5. The predicted molar refractivity (Wildman–Crippen MR) is 93.6 cm³/mol. The van der Waals surface area contributed by atoms with Crippen molar-refractivity contribution < 1.29 is 24.2 Å². The summed E-state index contributed by atoms with van der Waals surface area (Å²) in [5.41, 5.74) is 1.35. The molecule has 7 nitrogen and oxygen atoms in total. The quantitative estimate of drug-likeness (QED) is 0.784. The van der Waals surface area contributed by atoms with Gasteiger partial charge in [-0.05, 0) is 44.5 Å². The number of nitrogens with zero attached hydrogens (tertiary/aromatic N) is 1. The van der Waals surface area contributed by atoms with Gasteiger partial charge in [-0.25, -0.2) is 9.78 Å². The maximum Gasteiger partial charge on any atom is 0.347 e. The molecule has 0 saturated carbocycles. The zero-order valence-electron chi connectivity index (χ0n) is 14.5. The lowest BCUT2D eigenvalue weighted by atomic mass is 10.2. The fourth-order valence-corrected chi connectivity index (χ4v) is 3.14. The monoisotopic (exact) mass is 364 g/mol. The normalized spacial score (nSPS) is 11.7. The molecule has 1 unspecified atom stereocenters. The van der Waals surface area contributed by atoms with E-state index in [0.717, 1.165) is 22.6 Å². The second-order valence-corrected chi connectivity index (χ2v) is 6.51. The van der Waals surface area contributed by atoms with Gasteiger partial charge in [-0.1, -0.05) is 0 Å². The maximum atomic E-state index is 12.0. The number of hydrogen-bond donors (Lipinski definition) is 2. The van der Waals surface area contributed by atoms with Gasteiger partial charge in [0.1, 0.15) is 21.4 Å². The first-order valence-corrected chi connectivity index (χ1v) is 8.41. The number of aromatic nitrogens is 1. The van der Waals surface area contributed by atoms with E-state index in [1.165, 1.54) is 0 Å². The van der Waals surface area contributed by atoms with Crippen LogP contribution in [-0.4, -0.2) is 35.7 Å². The molecule has 0 saturated heterocycles. The Bertz CT molecular complexity index is 787. The van der Waals surface area contributed by atoms with E-state index in [2.05, 4.69) is 10.3 Å². The molecular formula is C17H20N2O5S. The lowest BCUT2D eigenvalue weighted by Crippen LogP contribution is -2.31. The van der Waals surface area contributed by atoms with E-state index < -0.39 is 12.0 Å². The predicted octanol–water partition coefficient (Wildman–Crippen LogP) is 2.72. The number of aromatic carboxylic acids is 1. The molecule has 0 fully saturated rings. The molecule has 0 aliphatic carbocycles. The number of hydrogen-bond acceptors (Lipinski definition) is 6. The summed E-state index contributed by atoms with van der Waals surface area (Å²) >= 11 is 1.06. The minimum atomic E-state index is -1.02. The summed E-state index contributed by atoms with van der Waals surface area (Å²) in [7, 11) is 1.59. The van der Waals surface area contributed by atoms with E-state index in [0.29, 0.717) is 16.5 Å². The molecule has 1 aromatic carbocycles. The number of methoxy groups -OCH3 is 1.